The van der Waals surface area contributed by atoms with Gasteiger partial charge in [0.05, 0.1) is 0 Å². The molecule has 1 aliphatic rings. The summed E-state index contributed by atoms with van der Waals surface area (Å²) in [4.78, 5) is 0. The van der Waals surface area contributed by atoms with Crippen LogP contribution in [-0.4, -0.2) is 17.0 Å². The number of hydrogen-bond acceptors (Lipinski definition) is 1. The monoisotopic (exact) mass is 211 g/mol. The molecular weight excluding hydrogens is 201 g/mol. The Hall–Kier alpha value is 0.690. The molecule has 1 fully saturated rings. The predicted molar refractivity (Wildman–Crippen MR) is 39.9 cm³/mol. The second kappa shape index (κ2) is 2.87. The van der Waals surface area contributed by atoms with Gasteiger partial charge in [0.25, 0.3) is 0 Å². The molecule has 1 nitrogen and oxygen atoms in total. The van der Waals surface area contributed by atoms with E-state index in [2.05, 4.69) is 27.9 Å². The summed E-state index contributed by atoms with van der Waals surface area (Å²) in [6, 6.07) is 0. The largest absolute Gasteiger partial charge is 0.316 e. The maximum Gasteiger partial charge on any atom is 0.0235 e. The molecule has 0 radical (unpaired) electrons. The highest BCUT2D eigenvalue weighted by molar-refractivity contribution is 14.1. The summed E-state index contributed by atoms with van der Waals surface area (Å²) >= 11 is 2.49. The van der Waals surface area contributed by atoms with E-state index in [1.54, 1.807) is 0 Å². The van der Waals surface area contributed by atoms with Crippen molar-refractivity contribution < 1.29 is 0 Å². The number of halogens is 1. The van der Waals surface area contributed by atoms with Crippen molar-refractivity contribution in [3.63, 3.8) is 0 Å². The molecule has 0 aromatic heterocycles. The van der Waals surface area contributed by atoms with Crippen LogP contribution in [0.15, 0.2) is 0 Å². The smallest absolute Gasteiger partial charge is 0.0235 e. The predicted octanol–water partition coefficient (Wildman–Crippen LogP) is 1.17. The Morgan fingerprint density at radius 2 is 2.43 bits per heavy atom. The Labute approximate surface area is 58.0 Å². The van der Waals surface area contributed by atoms with Crippen LogP contribution < -0.4 is 5.32 Å². The van der Waals surface area contributed by atoms with Crippen LogP contribution in [0, 0.1) is 0 Å². The first-order chi connectivity index (χ1) is 3.39. The summed E-state index contributed by atoms with van der Waals surface area (Å²) in [6.07, 6.45) is 2.78. The average Bonchev–Trinajstić information content (AvgIpc) is 1.69. The summed E-state index contributed by atoms with van der Waals surface area (Å²) in [5.41, 5.74) is 0. The molecular formula is C5H10IN. The van der Waals surface area contributed by atoms with Gasteiger partial charge in [-0.3, -0.25) is 0 Å². The van der Waals surface area contributed by atoms with Crippen LogP contribution in [0.4, 0.5) is 0 Å². The molecule has 42 valence electrons. The summed E-state index contributed by atoms with van der Waals surface area (Å²) in [5, 5.41) is 3.33. The lowest BCUT2D eigenvalue weighted by Gasteiger charge is -2.16. The fourth-order valence-corrected chi connectivity index (χ4v) is 1.56. The number of nitrogens with one attached hydrogen (secondary N) is 1. The Balaban J connectivity index is 2.12. The van der Waals surface area contributed by atoms with Crippen LogP contribution in [0.3, 0.4) is 0 Å². The minimum Gasteiger partial charge on any atom is -0.316 e. The van der Waals surface area contributed by atoms with Gasteiger partial charge in [0.1, 0.15) is 0 Å². The van der Waals surface area contributed by atoms with Crippen LogP contribution in [0.5, 0.6) is 0 Å². The normalized spacial score (nSPS) is 33.0. The molecule has 0 unspecified atom stereocenters. The van der Waals surface area contributed by atoms with Gasteiger partial charge in [-0.05, 0) is 19.4 Å². The molecule has 0 bridgehead atoms. The van der Waals surface area contributed by atoms with Crippen molar-refractivity contribution in [2.24, 2.45) is 0 Å². The van der Waals surface area contributed by atoms with Gasteiger partial charge < -0.3 is 5.32 Å². The summed E-state index contributed by atoms with van der Waals surface area (Å²) in [6.45, 7) is 2.46. The van der Waals surface area contributed by atoms with Gasteiger partial charge >= 0.3 is 0 Å². The van der Waals surface area contributed by atoms with Crippen LogP contribution in [0.1, 0.15) is 12.8 Å². The van der Waals surface area contributed by atoms with Crippen molar-refractivity contribution in [3.8, 4) is 0 Å². The van der Waals surface area contributed by atoms with Crippen LogP contribution in [0.25, 0.3) is 0 Å². The zero-order valence-electron chi connectivity index (χ0n) is 4.28. The van der Waals surface area contributed by atoms with Crippen LogP contribution >= 0.6 is 22.6 Å². The van der Waals surface area contributed by atoms with Crippen molar-refractivity contribution >= 4 is 22.6 Å². The van der Waals surface area contributed by atoms with Crippen molar-refractivity contribution in [3.05, 3.63) is 0 Å². The standard InChI is InChI=1S/C5H10IN/c6-5-2-1-3-7-4-5/h5,7H,1-4H2/t5-/m0/s1. The van der Waals surface area contributed by atoms with Crippen molar-refractivity contribution in [2.75, 3.05) is 13.1 Å². The molecule has 0 spiro atoms. The Bertz CT molecular complexity index is 50.0. The summed E-state index contributed by atoms with van der Waals surface area (Å²) in [5.74, 6) is 0. The number of hydrogen-bond donors (Lipinski definition) is 1. The van der Waals surface area contributed by atoms with E-state index in [4.69, 9.17) is 0 Å². The minimum absolute atomic E-state index is 0.895. The summed E-state index contributed by atoms with van der Waals surface area (Å²) < 4.78 is 0.895. The first kappa shape index (κ1) is 5.82. The fraction of sp³-hybridized carbons (Fsp3) is 1.00. The van der Waals surface area contributed by atoms with Gasteiger partial charge in [0.2, 0.25) is 0 Å². The number of piperidine rings is 1. The highest BCUT2D eigenvalue weighted by Gasteiger charge is 2.06. The lowest BCUT2D eigenvalue weighted by molar-refractivity contribution is 0.543. The first-order valence-electron chi connectivity index (χ1n) is 2.74. The Morgan fingerprint density at radius 3 is 2.71 bits per heavy atom. The highest BCUT2D eigenvalue weighted by Crippen LogP contribution is 2.09. The molecule has 2 heteroatoms. The molecule has 1 aliphatic heterocycles. The highest BCUT2D eigenvalue weighted by atomic mass is 127. The van der Waals surface area contributed by atoms with Gasteiger partial charge in [0.15, 0.2) is 0 Å². The molecule has 1 atom stereocenters. The van der Waals surface area contributed by atoms with E-state index in [0.29, 0.717) is 0 Å². The zero-order chi connectivity index (χ0) is 5.11. The van der Waals surface area contributed by atoms with Crippen LogP contribution in [0.2, 0.25) is 0 Å². The molecule has 0 amide bonds. The topological polar surface area (TPSA) is 12.0 Å². The van der Waals surface area contributed by atoms with Gasteiger partial charge in [0, 0.05) is 10.5 Å². The summed E-state index contributed by atoms with van der Waals surface area (Å²) in [7, 11) is 0. The molecule has 0 saturated carbocycles. The lowest BCUT2D eigenvalue weighted by atomic mass is 10.2. The number of rotatable bonds is 0. The Kier molecular flexibility index (Phi) is 2.38. The third-order valence-electron chi connectivity index (χ3n) is 1.24. The molecule has 1 heterocycles. The fourth-order valence-electron chi connectivity index (χ4n) is 0.809. The maximum absolute atomic E-state index is 3.33. The van der Waals surface area contributed by atoms with E-state index in [1.807, 2.05) is 0 Å². The second-order valence-corrected chi connectivity index (χ2v) is 3.71. The van der Waals surface area contributed by atoms with Crippen molar-refractivity contribution in [1.29, 1.82) is 0 Å². The molecule has 1 saturated heterocycles. The minimum atomic E-state index is 0.895. The third-order valence-corrected chi connectivity index (χ3v) is 2.30. The molecule has 0 aromatic carbocycles. The van der Waals surface area contributed by atoms with E-state index >= 15 is 0 Å². The molecule has 1 rings (SSSR count). The first-order valence-corrected chi connectivity index (χ1v) is 3.99. The van der Waals surface area contributed by atoms with Gasteiger partial charge in [-0.25, -0.2) is 0 Å². The maximum atomic E-state index is 3.33. The SMILES string of the molecule is I[C@H]1CCCNC1. The molecule has 0 aliphatic carbocycles. The van der Waals surface area contributed by atoms with Gasteiger partial charge in [-0.2, -0.15) is 0 Å². The molecule has 0 aromatic rings. The molecule has 1 N–H and O–H groups in total. The Morgan fingerprint density at radius 1 is 1.57 bits per heavy atom. The third kappa shape index (κ3) is 1.95. The van der Waals surface area contributed by atoms with Crippen molar-refractivity contribution in [1.82, 2.24) is 5.32 Å². The van der Waals surface area contributed by atoms with Gasteiger partial charge in [-0.15, -0.1) is 0 Å². The van der Waals surface area contributed by atoms with Crippen LogP contribution in [-0.2, 0) is 0 Å². The quantitative estimate of drug-likeness (QED) is 0.468. The van der Waals surface area contributed by atoms with E-state index in [0.717, 1.165) is 3.92 Å². The van der Waals surface area contributed by atoms with E-state index in [-0.39, 0.29) is 0 Å². The molecule has 7 heavy (non-hydrogen) atoms. The van der Waals surface area contributed by atoms with E-state index < -0.39 is 0 Å². The number of alkyl halides is 1. The van der Waals surface area contributed by atoms with E-state index in [9.17, 15) is 0 Å². The average molecular weight is 211 g/mol. The van der Waals surface area contributed by atoms with E-state index in [1.165, 1.54) is 25.9 Å². The second-order valence-electron chi connectivity index (χ2n) is 1.94. The van der Waals surface area contributed by atoms with Crippen molar-refractivity contribution in [2.45, 2.75) is 16.8 Å². The zero-order valence-corrected chi connectivity index (χ0v) is 6.44. The van der Waals surface area contributed by atoms with Gasteiger partial charge in [-0.1, -0.05) is 22.6 Å². The lowest BCUT2D eigenvalue weighted by Crippen LogP contribution is -2.29.